The van der Waals surface area contributed by atoms with Crippen LogP contribution in [0.15, 0.2) is 0 Å². The predicted molar refractivity (Wildman–Crippen MR) is 120 cm³/mol. The van der Waals surface area contributed by atoms with Crippen molar-refractivity contribution in [2.75, 3.05) is 19.8 Å². The van der Waals surface area contributed by atoms with Crippen LogP contribution in [0.5, 0.6) is 0 Å². The lowest BCUT2D eigenvalue weighted by Gasteiger charge is -2.34. The van der Waals surface area contributed by atoms with Crippen molar-refractivity contribution in [2.45, 2.75) is 104 Å². The standard InChI is InChI=1S/C25H39F5O4/c1-5-9-10-11-12-13-14-15-18(34-25(31-6-2,32-7-3)33-8-4)16-17-19-20(26)22(28)24(30)23(29)21(19)27/h18H,5-17H2,1-4H3. The fraction of sp³-hybridized carbons (Fsp3) is 0.760. The summed E-state index contributed by atoms with van der Waals surface area (Å²) in [4.78, 5) is 0. The van der Waals surface area contributed by atoms with Gasteiger partial charge in [0.15, 0.2) is 23.3 Å². The van der Waals surface area contributed by atoms with Crippen LogP contribution in [-0.4, -0.2) is 32.1 Å². The molecule has 0 bridgehead atoms. The van der Waals surface area contributed by atoms with Gasteiger partial charge in [0.05, 0.1) is 25.9 Å². The molecule has 0 spiro atoms. The van der Waals surface area contributed by atoms with E-state index in [1.807, 2.05) is 0 Å². The summed E-state index contributed by atoms with van der Waals surface area (Å²) in [5.41, 5.74) is -0.862. The average molecular weight is 499 g/mol. The lowest BCUT2D eigenvalue weighted by atomic mass is 10.00. The minimum absolute atomic E-state index is 0.0108. The zero-order valence-electron chi connectivity index (χ0n) is 20.8. The van der Waals surface area contributed by atoms with Crippen LogP contribution in [0.4, 0.5) is 22.0 Å². The summed E-state index contributed by atoms with van der Waals surface area (Å²) in [7, 11) is 0. The Morgan fingerprint density at radius 2 is 1.03 bits per heavy atom. The summed E-state index contributed by atoms with van der Waals surface area (Å²) in [6.45, 7) is 7.97. The van der Waals surface area contributed by atoms with E-state index in [2.05, 4.69) is 6.92 Å². The van der Waals surface area contributed by atoms with E-state index in [4.69, 9.17) is 18.9 Å². The molecule has 198 valence electrons. The summed E-state index contributed by atoms with van der Waals surface area (Å²) < 4.78 is 91.7. The van der Waals surface area contributed by atoms with E-state index in [0.29, 0.717) is 6.42 Å². The Labute approximate surface area is 200 Å². The summed E-state index contributed by atoms with van der Waals surface area (Å²) >= 11 is 0. The van der Waals surface area contributed by atoms with Gasteiger partial charge in [-0.1, -0.05) is 51.9 Å². The number of benzene rings is 1. The van der Waals surface area contributed by atoms with Crippen molar-refractivity contribution in [1.29, 1.82) is 0 Å². The third-order valence-electron chi connectivity index (χ3n) is 5.42. The van der Waals surface area contributed by atoms with Crippen molar-refractivity contribution in [2.24, 2.45) is 0 Å². The number of halogens is 5. The van der Waals surface area contributed by atoms with Crippen LogP contribution in [-0.2, 0) is 25.4 Å². The minimum Gasteiger partial charge on any atom is -0.304 e. The molecule has 1 aromatic rings. The summed E-state index contributed by atoms with van der Waals surface area (Å²) in [5, 5.41) is 0. The van der Waals surface area contributed by atoms with E-state index in [-0.39, 0.29) is 26.2 Å². The molecule has 0 saturated heterocycles. The van der Waals surface area contributed by atoms with Crippen molar-refractivity contribution in [3.05, 3.63) is 34.6 Å². The van der Waals surface area contributed by atoms with Crippen LogP contribution < -0.4 is 0 Å². The number of hydrogen-bond acceptors (Lipinski definition) is 4. The molecule has 0 aliphatic rings. The molecular formula is C25H39F5O4. The maximum atomic E-state index is 14.2. The summed E-state index contributed by atoms with van der Waals surface area (Å²) in [6.07, 6.45) is 4.95. The first-order chi connectivity index (χ1) is 16.3. The lowest BCUT2D eigenvalue weighted by Crippen LogP contribution is -2.45. The molecule has 0 heterocycles. The van der Waals surface area contributed by atoms with E-state index in [1.165, 1.54) is 12.8 Å². The fourth-order valence-electron chi connectivity index (χ4n) is 3.73. The van der Waals surface area contributed by atoms with E-state index >= 15 is 0 Å². The number of hydrogen-bond donors (Lipinski definition) is 0. The molecule has 0 saturated carbocycles. The molecule has 1 atom stereocenters. The largest absolute Gasteiger partial charge is 0.412 e. The van der Waals surface area contributed by atoms with E-state index in [0.717, 1.165) is 32.1 Å². The van der Waals surface area contributed by atoms with Crippen molar-refractivity contribution >= 4 is 0 Å². The fourth-order valence-corrected chi connectivity index (χ4v) is 3.73. The smallest absolute Gasteiger partial charge is 0.304 e. The third kappa shape index (κ3) is 9.40. The minimum atomic E-state index is -2.17. The van der Waals surface area contributed by atoms with Gasteiger partial charge >= 0.3 is 6.16 Å². The SMILES string of the molecule is CCCCCCCCCC(CCc1c(F)c(F)c(F)c(F)c1F)OC(OCC)(OCC)OCC. The van der Waals surface area contributed by atoms with Gasteiger partial charge in [-0.05, 0) is 40.0 Å². The van der Waals surface area contributed by atoms with Crippen LogP contribution in [0.1, 0.15) is 91.0 Å². The molecule has 0 aromatic heterocycles. The Morgan fingerprint density at radius 3 is 1.50 bits per heavy atom. The van der Waals surface area contributed by atoms with Crippen LogP contribution in [0.2, 0.25) is 0 Å². The monoisotopic (exact) mass is 498 g/mol. The molecule has 34 heavy (non-hydrogen) atoms. The van der Waals surface area contributed by atoms with E-state index in [9.17, 15) is 22.0 Å². The van der Waals surface area contributed by atoms with Crippen LogP contribution in [0, 0.1) is 29.1 Å². The molecule has 1 unspecified atom stereocenters. The zero-order chi connectivity index (χ0) is 25.6. The molecule has 4 nitrogen and oxygen atoms in total. The molecular weight excluding hydrogens is 459 g/mol. The van der Waals surface area contributed by atoms with Gasteiger partial charge in [-0.25, -0.2) is 22.0 Å². The molecule has 0 N–H and O–H groups in total. The molecule has 0 amide bonds. The van der Waals surface area contributed by atoms with Crippen molar-refractivity contribution < 1.29 is 40.9 Å². The summed E-state index contributed by atoms with van der Waals surface area (Å²) in [5.74, 6) is -9.72. The Hall–Kier alpha value is -1.29. The Bertz CT molecular complexity index is 671. The maximum Gasteiger partial charge on any atom is 0.412 e. The van der Waals surface area contributed by atoms with Gasteiger partial charge in [-0.15, -0.1) is 0 Å². The first-order valence-corrected chi connectivity index (χ1v) is 12.4. The normalized spacial score (nSPS) is 13.0. The van der Waals surface area contributed by atoms with Crippen LogP contribution >= 0.6 is 0 Å². The summed E-state index contributed by atoms with van der Waals surface area (Å²) in [6, 6.07) is 0. The molecule has 0 radical (unpaired) electrons. The highest BCUT2D eigenvalue weighted by atomic mass is 19.2. The average Bonchev–Trinajstić information content (AvgIpc) is 2.81. The van der Waals surface area contributed by atoms with Crippen molar-refractivity contribution in [1.82, 2.24) is 0 Å². The van der Waals surface area contributed by atoms with E-state index in [1.54, 1.807) is 20.8 Å². The van der Waals surface area contributed by atoms with E-state index < -0.39 is 53.3 Å². The van der Waals surface area contributed by atoms with Crippen molar-refractivity contribution in [3.63, 3.8) is 0 Å². The second-order valence-electron chi connectivity index (χ2n) is 8.04. The van der Waals surface area contributed by atoms with Gasteiger partial charge in [-0.3, -0.25) is 4.74 Å². The van der Waals surface area contributed by atoms with Gasteiger partial charge in [-0.2, -0.15) is 0 Å². The molecule has 9 heteroatoms. The quantitative estimate of drug-likeness (QED) is 0.0648. The highest BCUT2D eigenvalue weighted by Crippen LogP contribution is 2.28. The van der Waals surface area contributed by atoms with Gasteiger partial charge in [0, 0.05) is 5.56 Å². The van der Waals surface area contributed by atoms with Gasteiger partial charge in [0.2, 0.25) is 5.82 Å². The number of ether oxygens (including phenoxy) is 4. The molecule has 0 aliphatic heterocycles. The zero-order valence-corrected chi connectivity index (χ0v) is 20.8. The van der Waals surface area contributed by atoms with Crippen LogP contribution in [0.3, 0.4) is 0 Å². The van der Waals surface area contributed by atoms with Gasteiger partial charge in [0.25, 0.3) is 0 Å². The molecule has 1 aromatic carbocycles. The predicted octanol–water partition coefficient (Wildman–Crippen LogP) is 7.56. The second kappa shape index (κ2) is 16.4. The lowest BCUT2D eigenvalue weighted by molar-refractivity contribution is -0.506. The first kappa shape index (κ1) is 30.7. The molecule has 1 rings (SSSR count). The number of rotatable bonds is 19. The van der Waals surface area contributed by atoms with Crippen molar-refractivity contribution in [3.8, 4) is 0 Å². The second-order valence-corrected chi connectivity index (χ2v) is 8.04. The van der Waals surface area contributed by atoms with Crippen LogP contribution in [0.25, 0.3) is 0 Å². The maximum absolute atomic E-state index is 14.2. The number of unbranched alkanes of at least 4 members (excludes halogenated alkanes) is 6. The van der Waals surface area contributed by atoms with Gasteiger partial charge < -0.3 is 14.2 Å². The molecule has 0 fully saturated rings. The topological polar surface area (TPSA) is 36.9 Å². The third-order valence-corrected chi connectivity index (χ3v) is 5.42. The highest BCUT2D eigenvalue weighted by Gasteiger charge is 2.38. The van der Waals surface area contributed by atoms with Gasteiger partial charge in [0.1, 0.15) is 0 Å². The Balaban J connectivity index is 2.98. The first-order valence-electron chi connectivity index (χ1n) is 12.4. The highest BCUT2D eigenvalue weighted by molar-refractivity contribution is 5.24. The Morgan fingerprint density at radius 1 is 0.588 bits per heavy atom. The Kier molecular flexibility index (Phi) is 14.8. The molecule has 0 aliphatic carbocycles.